The molecule has 3 rings (SSSR count). The van der Waals surface area contributed by atoms with Gasteiger partial charge in [0.1, 0.15) is 6.26 Å². The normalized spacial score (nSPS) is 11.2. The summed E-state index contributed by atoms with van der Waals surface area (Å²) in [7, 11) is 2.96. The van der Waals surface area contributed by atoms with Crippen molar-refractivity contribution in [3.63, 3.8) is 0 Å². The van der Waals surface area contributed by atoms with Gasteiger partial charge in [-0.15, -0.1) is 0 Å². The third-order valence-electron chi connectivity index (χ3n) is 3.84. The number of oxazole rings is 1. The highest BCUT2D eigenvalue weighted by atomic mass is 19.4. The highest BCUT2D eigenvalue weighted by Crippen LogP contribution is 2.31. The molecule has 146 valence electrons. The molecule has 0 saturated heterocycles. The van der Waals surface area contributed by atoms with Crippen molar-refractivity contribution in [1.29, 1.82) is 0 Å². The third-order valence-corrected chi connectivity index (χ3v) is 3.84. The van der Waals surface area contributed by atoms with Crippen molar-refractivity contribution >= 4 is 11.6 Å². The van der Waals surface area contributed by atoms with Crippen molar-refractivity contribution in [3.05, 3.63) is 60.0 Å². The maximum atomic E-state index is 12.6. The summed E-state index contributed by atoms with van der Waals surface area (Å²) < 4.78 is 53.4. The summed E-state index contributed by atoms with van der Waals surface area (Å²) in [4.78, 5) is 16.4. The number of halogens is 3. The summed E-state index contributed by atoms with van der Waals surface area (Å²) in [6, 6.07) is 9.12. The van der Waals surface area contributed by atoms with Crippen molar-refractivity contribution in [2.75, 3.05) is 19.5 Å². The lowest BCUT2D eigenvalue weighted by atomic mass is 10.1. The second-order valence-corrected chi connectivity index (χ2v) is 5.64. The Bertz CT molecular complexity index is 982. The number of hydrogen-bond acceptors (Lipinski definition) is 5. The average molecular weight is 392 g/mol. The summed E-state index contributed by atoms with van der Waals surface area (Å²) in [6.45, 7) is 0. The van der Waals surface area contributed by atoms with Crippen molar-refractivity contribution in [2.24, 2.45) is 0 Å². The molecule has 0 fully saturated rings. The fourth-order valence-electron chi connectivity index (χ4n) is 2.42. The van der Waals surface area contributed by atoms with Gasteiger partial charge in [-0.3, -0.25) is 4.79 Å². The lowest BCUT2D eigenvalue weighted by Crippen LogP contribution is -2.12. The van der Waals surface area contributed by atoms with E-state index in [2.05, 4.69) is 10.3 Å². The van der Waals surface area contributed by atoms with Crippen LogP contribution in [0.2, 0.25) is 0 Å². The van der Waals surface area contributed by atoms with E-state index in [9.17, 15) is 18.0 Å². The van der Waals surface area contributed by atoms with Crippen LogP contribution in [0.5, 0.6) is 11.5 Å². The molecule has 9 heteroatoms. The van der Waals surface area contributed by atoms with Crippen LogP contribution in [0.25, 0.3) is 11.5 Å². The quantitative estimate of drug-likeness (QED) is 0.685. The van der Waals surface area contributed by atoms with E-state index >= 15 is 0 Å². The zero-order valence-corrected chi connectivity index (χ0v) is 14.8. The van der Waals surface area contributed by atoms with Crippen molar-refractivity contribution in [3.8, 4) is 23.0 Å². The fourth-order valence-corrected chi connectivity index (χ4v) is 2.42. The standard InChI is InChI=1S/C19H15F3N2O4/c1-26-15-8-7-13(9-16(15)27-2)23-17(25)14-10-28-18(24-14)11-3-5-12(6-4-11)19(20,21)22/h3-10H,1-2H3,(H,23,25). The van der Waals surface area contributed by atoms with Crippen LogP contribution < -0.4 is 14.8 Å². The summed E-state index contributed by atoms with van der Waals surface area (Å²) in [5.41, 5.74) is -0.0428. The Morgan fingerprint density at radius 2 is 1.71 bits per heavy atom. The van der Waals surface area contributed by atoms with E-state index in [0.717, 1.165) is 18.4 Å². The summed E-state index contributed by atoms with van der Waals surface area (Å²) in [6.07, 6.45) is -3.30. The number of benzene rings is 2. The molecule has 2 aromatic carbocycles. The van der Waals surface area contributed by atoms with Gasteiger partial charge in [0.15, 0.2) is 17.2 Å². The summed E-state index contributed by atoms with van der Waals surface area (Å²) in [5, 5.41) is 2.63. The first kappa shape index (κ1) is 19.3. The van der Waals surface area contributed by atoms with Crippen molar-refractivity contribution in [2.45, 2.75) is 6.18 Å². The average Bonchev–Trinajstić information content (AvgIpc) is 3.17. The number of carbonyl (C=O) groups is 1. The first-order chi connectivity index (χ1) is 13.3. The molecule has 0 spiro atoms. The highest BCUT2D eigenvalue weighted by Gasteiger charge is 2.30. The van der Waals surface area contributed by atoms with E-state index in [1.807, 2.05) is 0 Å². The number of anilines is 1. The first-order valence-electron chi connectivity index (χ1n) is 7.98. The van der Waals surface area contributed by atoms with Crippen LogP contribution >= 0.6 is 0 Å². The van der Waals surface area contributed by atoms with Crippen LogP contribution in [0.15, 0.2) is 53.1 Å². The summed E-state index contributed by atoms with van der Waals surface area (Å²) in [5.74, 6) is 0.428. The number of aromatic nitrogens is 1. The molecule has 1 aromatic heterocycles. The molecule has 0 unspecified atom stereocenters. The Morgan fingerprint density at radius 1 is 1.04 bits per heavy atom. The lowest BCUT2D eigenvalue weighted by molar-refractivity contribution is -0.137. The van der Waals surface area contributed by atoms with Crippen LogP contribution in [0.1, 0.15) is 16.1 Å². The number of ether oxygens (including phenoxy) is 2. The third kappa shape index (κ3) is 4.08. The predicted molar refractivity (Wildman–Crippen MR) is 94.4 cm³/mol. The van der Waals surface area contributed by atoms with Gasteiger partial charge >= 0.3 is 6.18 Å². The van der Waals surface area contributed by atoms with Gasteiger partial charge in [-0.05, 0) is 36.4 Å². The predicted octanol–water partition coefficient (Wildman–Crippen LogP) is 4.63. The molecule has 1 amide bonds. The first-order valence-corrected chi connectivity index (χ1v) is 7.98. The largest absolute Gasteiger partial charge is 0.493 e. The topological polar surface area (TPSA) is 73.6 Å². The van der Waals surface area contributed by atoms with E-state index in [1.165, 1.54) is 26.4 Å². The van der Waals surface area contributed by atoms with Gasteiger partial charge in [0.25, 0.3) is 5.91 Å². The summed E-state index contributed by atoms with van der Waals surface area (Å²) >= 11 is 0. The molecule has 1 N–H and O–H groups in total. The monoisotopic (exact) mass is 392 g/mol. The van der Waals surface area contributed by atoms with Crippen LogP contribution in [0.4, 0.5) is 18.9 Å². The molecule has 0 aliphatic rings. The molecular weight excluding hydrogens is 377 g/mol. The Morgan fingerprint density at radius 3 is 2.32 bits per heavy atom. The minimum absolute atomic E-state index is 0.0234. The molecule has 0 saturated carbocycles. The smallest absolute Gasteiger partial charge is 0.416 e. The van der Waals surface area contributed by atoms with Crippen LogP contribution in [-0.2, 0) is 6.18 Å². The molecule has 0 aliphatic carbocycles. The van der Waals surface area contributed by atoms with E-state index in [4.69, 9.17) is 13.9 Å². The number of methoxy groups -OCH3 is 2. The molecule has 0 radical (unpaired) electrons. The van der Waals surface area contributed by atoms with Crippen molar-refractivity contribution < 1.29 is 31.9 Å². The maximum absolute atomic E-state index is 12.6. The maximum Gasteiger partial charge on any atom is 0.416 e. The van der Waals surface area contributed by atoms with Crippen LogP contribution in [0, 0.1) is 0 Å². The number of rotatable bonds is 5. The number of amides is 1. The minimum atomic E-state index is -4.43. The SMILES string of the molecule is COc1ccc(NC(=O)c2coc(-c3ccc(C(F)(F)F)cc3)n2)cc1OC. The van der Waals surface area contributed by atoms with Gasteiger partial charge in [0.05, 0.1) is 19.8 Å². The van der Waals surface area contributed by atoms with Gasteiger partial charge in [0.2, 0.25) is 5.89 Å². The van der Waals surface area contributed by atoms with Crippen molar-refractivity contribution in [1.82, 2.24) is 4.98 Å². The molecule has 0 aliphatic heterocycles. The molecule has 28 heavy (non-hydrogen) atoms. The Balaban J connectivity index is 1.75. The van der Waals surface area contributed by atoms with E-state index < -0.39 is 17.6 Å². The number of carbonyl (C=O) groups excluding carboxylic acids is 1. The molecule has 6 nitrogen and oxygen atoms in total. The van der Waals surface area contributed by atoms with Gasteiger partial charge in [-0.1, -0.05) is 0 Å². The highest BCUT2D eigenvalue weighted by molar-refractivity contribution is 6.03. The lowest BCUT2D eigenvalue weighted by Gasteiger charge is -2.09. The number of alkyl halides is 3. The van der Waals surface area contributed by atoms with Gasteiger partial charge in [-0.25, -0.2) is 4.98 Å². The zero-order valence-electron chi connectivity index (χ0n) is 14.8. The number of hydrogen-bond donors (Lipinski definition) is 1. The van der Waals surface area contributed by atoms with Crippen LogP contribution in [-0.4, -0.2) is 25.1 Å². The molecule has 0 atom stereocenters. The van der Waals surface area contributed by atoms with E-state index in [1.54, 1.807) is 18.2 Å². The van der Waals surface area contributed by atoms with E-state index in [0.29, 0.717) is 22.7 Å². The molecule has 0 bridgehead atoms. The molecule has 3 aromatic rings. The Labute approximate surface area is 157 Å². The fraction of sp³-hybridized carbons (Fsp3) is 0.158. The van der Waals surface area contributed by atoms with Crippen LogP contribution in [0.3, 0.4) is 0 Å². The zero-order chi connectivity index (χ0) is 20.3. The number of nitrogens with one attached hydrogen (secondary N) is 1. The molecule has 1 heterocycles. The van der Waals surface area contributed by atoms with E-state index in [-0.39, 0.29) is 11.6 Å². The Kier molecular flexibility index (Phi) is 5.25. The number of nitrogens with zero attached hydrogens (tertiary/aromatic N) is 1. The Hall–Kier alpha value is -3.49. The minimum Gasteiger partial charge on any atom is -0.493 e. The second-order valence-electron chi connectivity index (χ2n) is 5.64. The second kappa shape index (κ2) is 7.63. The molecular formula is C19H15F3N2O4. The van der Waals surface area contributed by atoms with Gasteiger partial charge in [-0.2, -0.15) is 13.2 Å². The van der Waals surface area contributed by atoms with Gasteiger partial charge in [0, 0.05) is 17.3 Å². The van der Waals surface area contributed by atoms with Gasteiger partial charge < -0.3 is 19.2 Å².